The normalized spacial score (nSPS) is 15.4. The average Bonchev–Trinajstić information content (AvgIpc) is 2.65. The number of benzene rings is 2. The fourth-order valence-corrected chi connectivity index (χ4v) is 3.43. The van der Waals surface area contributed by atoms with E-state index in [0.717, 1.165) is 0 Å². The number of anilines is 1. The van der Waals surface area contributed by atoms with Crippen molar-refractivity contribution < 1.29 is 24.2 Å². The monoisotopic (exact) mass is 494 g/mol. The van der Waals surface area contributed by atoms with Gasteiger partial charge < -0.3 is 9.84 Å². The molecule has 0 bridgehead atoms. The average molecular weight is 496 g/mol. The number of carboxylic acids is 1. The second-order valence-electron chi connectivity index (χ2n) is 5.81. The van der Waals surface area contributed by atoms with E-state index in [-0.39, 0.29) is 10.7 Å². The molecule has 1 aliphatic heterocycles. The molecular weight excluding hydrogens is 484 g/mol. The maximum Gasteiger partial charge on any atom is 0.341 e. The third kappa shape index (κ3) is 4.81. The van der Waals surface area contributed by atoms with E-state index in [4.69, 9.17) is 33.7 Å². The quantitative estimate of drug-likeness (QED) is 0.375. The molecule has 0 spiro atoms. The maximum absolute atomic E-state index is 12.9. The number of hydrogen-bond donors (Lipinski definition) is 2. The van der Waals surface area contributed by atoms with Gasteiger partial charge in [0, 0.05) is 5.02 Å². The van der Waals surface area contributed by atoms with Gasteiger partial charge in [-0.15, -0.1) is 0 Å². The summed E-state index contributed by atoms with van der Waals surface area (Å²) in [6.45, 7) is -0.493. The molecule has 0 atom stereocenters. The molecule has 1 fully saturated rings. The van der Waals surface area contributed by atoms with Crippen LogP contribution in [0.5, 0.6) is 5.75 Å². The van der Waals surface area contributed by atoms with Gasteiger partial charge in [-0.05, 0) is 76.2 Å². The topological polar surface area (TPSA) is 95.9 Å². The summed E-state index contributed by atoms with van der Waals surface area (Å²) in [5.74, 6) is -1.99. The van der Waals surface area contributed by atoms with Gasteiger partial charge in [-0.1, -0.05) is 17.7 Å². The van der Waals surface area contributed by atoms with Crippen LogP contribution in [0.15, 0.2) is 52.5 Å². The first-order valence-electron chi connectivity index (χ1n) is 8.07. The van der Waals surface area contributed by atoms with Crippen molar-refractivity contribution in [3.8, 4) is 5.75 Å². The number of halogens is 2. The Bertz CT molecular complexity index is 1060. The number of nitrogens with one attached hydrogen (secondary N) is 1. The van der Waals surface area contributed by atoms with Crippen LogP contribution < -0.4 is 15.0 Å². The molecule has 1 saturated heterocycles. The smallest absolute Gasteiger partial charge is 0.341 e. The van der Waals surface area contributed by atoms with Crippen molar-refractivity contribution in [2.24, 2.45) is 0 Å². The highest BCUT2D eigenvalue weighted by molar-refractivity contribution is 9.10. The number of carbonyl (C=O) groups excluding carboxylic acids is 2. The zero-order chi connectivity index (χ0) is 21.1. The second-order valence-corrected chi connectivity index (χ2v) is 7.48. The number of carbonyl (C=O) groups is 3. The molecule has 0 aromatic heterocycles. The molecule has 10 heteroatoms. The van der Waals surface area contributed by atoms with E-state index in [2.05, 4.69) is 21.2 Å². The first kappa shape index (κ1) is 21.0. The van der Waals surface area contributed by atoms with Crippen molar-refractivity contribution >= 4 is 74.4 Å². The minimum absolute atomic E-state index is 0.0296. The lowest BCUT2D eigenvalue weighted by molar-refractivity contribution is -0.139. The molecule has 0 unspecified atom stereocenters. The molecule has 0 radical (unpaired) electrons. The van der Waals surface area contributed by atoms with Crippen molar-refractivity contribution in [1.29, 1.82) is 0 Å². The van der Waals surface area contributed by atoms with Crippen LogP contribution in [0, 0.1) is 0 Å². The van der Waals surface area contributed by atoms with E-state index < -0.39 is 24.4 Å². The van der Waals surface area contributed by atoms with Gasteiger partial charge in [0.15, 0.2) is 11.7 Å². The van der Waals surface area contributed by atoms with Gasteiger partial charge in [0.05, 0.1) is 10.2 Å². The molecule has 1 heterocycles. The molecule has 29 heavy (non-hydrogen) atoms. The third-order valence-electron chi connectivity index (χ3n) is 3.80. The van der Waals surface area contributed by atoms with Crippen molar-refractivity contribution in [3.63, 3.8) is 0 Å². The van der Waals surface area contributed by atoms with Gasteiger partial charge in [0.25, 0.3) is 11.8 Å². The van der Waals surface area contributed by atoms with E-state index in [0.29, 0.717) is 26.5 Å². The molecule has 2 aromatic carbocycles. The molecule has 0 saturated carbocycles. The molecule has 1 aliphatic rings. The Hall–Kier alpha value is -2.75. The summed E-state index contributed by atoms with van der Waals surface area (Å²) in [6, 6.07) is 11.2. The lowest BCUT2D eigenvalue weighted by Gasteiger charge is -2.29. The van der Waals surface area contributed by atoms with Crippen molar-refractivity contribution in [3.05, 3.63) is 63.1 Å². The second kappa shape index (κ2) is 8.73. The fourth-order valence-electron chi connectivity index (χ4n) is 2.51. The summed E-state index contributed by atoms with van der Waals surface area (Å²) in [5.41, 5.74) is 0.885. The third-order valence-corrected chi connectivity index (χ3v) is 4.96. The van der Waals surface area contributed by atoms with Crippen LogP contribution in [0.4, 0.5) is 5.69 Å². The number of amides is 2. The van der Waals surface area contributed by atoms with Crippen molar-refractivity contribution in [1.82, 2.24) is 5.32 Å². The summed E-state index contributed by atoms with van der Waals surface area (Å²) < 4.78 is 5.61. The summed E-state index contributed by atoms with van der Waals surface area (Å²) in [6.07, 6.45) is 1.41. The summed E-state index contributed by atoms with van der Waals surface area (Å²) >= 11 is 14.3. The molecular formula is C19H12BrClN2O5S. The summed E-state index contributed by atoms with van der Waals surface area (Å²) in [4.78, 5) is 37.1. The lowest BCUT2D eigenvalue weighted by atomic mass is 10.1. The van der Waals surface area contributed by atoms with Gasteiger partial charge in [-0.2, -0.15) is 0 Å². The highest BCUT2D eigenvalue weighted by Gasteiger charge is 2.34. The van der Waals surface area contributed by atoms with E-state index in [1.165, 1.54) is 17.0 Å². The van der Waals surface area contributed by atoms with Crippen LogP contribution in [-0.4, -0.2) is 34.6 Å². The molecule has 3 rings (SSSR count). The Morgan fingerprint density at radius 1 is 1.24 bits per heavy atom. The predicted octanol–water partition coefficient (Wildman–Crippen LogP) is 3.40. The summed E-state index contributed by atoms with van der Waals surface area (Å²) in [7, 11) is 0. The number of ether oxygens (including phenoxy) is 1. The van der Waals surface area contributed by atoms with Crippen LogP contribution in [-0.2, 0) is 14.4 Å². The molecule has 148 valence electrons. The highest BCUT2D eigenvalue weighted by Crippen LogP contribution is 2.28. The Balaban J connectivity index is 1.91. The zero-order valence-corrected chi connectivity index (χ0v) is 17.7. The van der Waals surface area contributed by atoms with Gasteiger partial charge in [0.2, 0.25) is 0 Å². The van der Waals surface area contributed by atoms with E-state index in [1.807, 2.05) is 0 Å². The number of thiocarbonyl (C=S) groups is 1. The first-order chi connectivity index (χ1) is 13.8. The van der Waals surface area contributed by atoms with E-state index in [9.17, 15) is 14.4 Å². The number of aliphatic carboxylic acids is 1. The Morgan fingerprint density at radius 3 is 2.55 bits per heavy atom. The number of carboxylic acid groups (broad SMARTS) is 1. The predicted molar refractivity (Wildman–Crippen MR) is 115 cm³/mol. The van der Waals surface area contributed by atoms with Crippen LogP contribution >= 0.6 is 39.7 Å². The minimum Gasteiger partial charge on any atom is -0.481 e. The van der Waals surface area contributed by atoms with Crippen molar-refractivity contribution in [2.45, 2.75) is 0 Å². The Labute approximate surface area is 184 Å². The number of nitrogens with zero attached hydrogens (tertiary/aromatic N) is 1. The van der Waals surface area contributed by atoms with Crippen LogP contribution in [0.25, 0.3) is 6.08 Å². The maximum atomic E-state index is 12.9. The minimum atomic E-state index is -1.11. The van der Waals surface area contributed by atoms with E-state index >= 15 is 0 Å². The first-order valence-corrected chi connectivity index (χ1v) is 9.65. The number of hydrogen-bond acceptors (Lipinski definition) is 5. The van der Waals surface area contributed by atoms with Crippen molar-refractivity contribution in [2.75, 3.05) is 11.5 Å². The van der Waals surface area contributed by atoms with Gasteiger partial charge in [-0.3, -0.25) is 19.8 Å². The van der Waals surface area contributed by atoms with Crippen LogP contribution in [0.2, 0.25) is 5.02 Å². The van der Waals surface area contributed by atoms with Gasteiger partial charge in [0.1, 0.15) is 11.3 Å². The summed E-state index contributed by atoms with van der Waals surface area (Å²) in [5, 5.41) is 11.7. The standard InChI is InChI=1S/C19H12BrClN2O5S/c20-14-8-10(1-6-15(14)28-9-16(24)25)7-13-17(26)22-19(29)23(18(13)27)12-4-2-11(21)3-5-12/h1-8H,9H2,(H,24,25)(H,22,26,29)/b13-7+. The molecule has 2 N–H and O–H groups in total. The fraction of sp³-hybridized carbons (Fsp3) is 0.0526. The molecule has 2 aromatic rings. The van der Waals surface area contributed by atoms with Crippen LogP contribution in [0.3, 0.4) is 0 Å². The van der Waals surface area contributed by atoms with E-state index in [1.54, 1.807) is 36.4 Å². The van der Waals surface area contributed by atoms with Gasteiger partial charge >= 0.3 is 5.97 Å². The lowest BCUT2D eigenvalue weighted by Crippen LogP contribution is -2.54. The van der Waals surface area contributed by atoms with Gasteiger partial charge in [-0.25, -0.2) is 4.79 Å². The SMILES string of the molecule is O=C(O)COc1ccc(/C=C2\C(=O)NC(=S)N(c3ccc(Cl)cc3)C2=O)cc1Br. The molecule has 0 aliphatic carbocycles. The molecule has 7 nitrogen and oxygen atoms in total. The largest absolute Gasteiger partial charge is 0.481 e. The Morgan fingerprint density at radius 2 is 1.93 bits per heavy atom. The Kier molecular flexibility index (Phi) is 6.31. The molecule has 2 amide bonds. The highest BCUT2D eigenvalue weighted by atomic mass is 79.9. The van der Waals surface area contributed by atoms with Crippen LogP contribution in [0.1, 0.15) is 5.56 Å². The number of rotatable bonds is 5. The zero-order valence-electron chi connectivity index (χ0n) is 14.5.